The average molecular weight is 286 g/mol. The number of benzene rings is 1. The van der Waals surface area contributed by atoms with Crippen LogP contribution in [0.15, 0.2) is 18.2 Å². The summed E-state index contributed by atoms with van der Waals surface area (Å²) in [5.41, 5.74) is 2.36. The maximum absolute atomic E-state index is 11.4. The molecule has 0 bridgehead atoms. The molecule has 5 heteroatoms. The molecule has 1 heterocycles. The van der Waals surface area contributed by atoms with Crippen LogP contribution in [0.5, 0.6) is 5.75 Å². The van der Waals surface area contributed by atoms with Gasteiger partial charge in [-0.25, -0.2) is 0 Å². The normalized spacial score (nSPS) is 21.6. The quantitative estimate of drug-likeness (QED) is 0.863. The number of nitrogens with one attached hydrogen (secondary N) is 1. The summed E-state index contributed by atoms with van der Waals surface area (Å²) in [5, 5.41) is 3.11. The number of esters is 1. The third-order valence-electron chi connectivity index (χ3n) is 3.42. The fraction of sp³-hybridized carbons (Fsp3) is 0.500. The molecule has 1 fully saturated rings. The summed E-state index contributed by atoms with van der Waals surface area (Å²) in [6.07, 6.45) is 0.676. The van der Waals surface area contributed by atoms with E-state index >= 15 is 0 Å². The van der Waals surface area contributed by atoms with Gasteiger partial charge in [0.15, 0.2) is 0 Å². The van der Waals surface area contributed by atoms with Crippen molar-refractivity contribution in [1.82, 2.24) is 5.32 Å². The number of carbonyl (C=O) groups excluding carboxylic acids is 1. The largest absolute Gasteiger partial charge is 0.489 e. The van der Waals surface area contributed by atoms with Gasteiger partial charge in [-0.3, -0.25) is 4.79 Å². The Morgan fingerprint density at radius 1 is 1.37 bits per heavy atom. The van der Waals surface area contributed by atoms with Crippen molar-refractivity contribution in [2.75, 3.05) is 13.7 Å². The van der Waals surface area contributed by atoms with Crippen LogP contribution in [0, 0.1) is 13.8 Å². The SMILES string of the molecule is COC(=O)[C@@H]1C[C@@H](Oc2cccc(C)c2C)CN1.Cl. The molecule has 106 valence electrons. The van der Waals surface area contributed by atoms with E-state index < -0.39 is 0 Å². The van der Waals surface area contributed by atoms with E-state index in [4.69, 9.17) is 9.47 Å². The van der Waals surface area contributed by atoms with Gasteiger partial charge >= 0.3 is 5.97 Å². The third-order valence-corrected chi connectivity index (χ3v) is 3.42. The van der Waals surface area contributed by atoms with E-state index in [-0.39, 0.29) is 30.5 Å². The second-order valence-electron chi connectivity index (χ2n) is 4.66. The fourth-order valence-electron chi connectivity index (χ4n) is 2.15. The Labute approximate surface area is 119 Å². The number of aryl methyl sites for hydroxylation is 1. The van der Waals surface area contributed by atoms with Gasteiger partial charge < -0.3 is 14.8 Å². The predicted molar refractivity (Wildman–Crippen MR) is 76.0 cm³/mol. The van der Waals surface area contributed by atoms with Crippen molar-refractivity contribution in [2.45, 2.75) is 32.4 Å². The lowest BCUT2D eigenvalue weighted by Crippen LogP contribution is -2.31. The van der Waals surface area contributed by atoms with Crippen LogP contribution < -0.4 is 10.1 Å². The molecule has 1 aliphatic rings. The highest BCUT2D eigenvalue weighted by Gasteiger charge is 2.31. The molecule has 0 saturated carbocycles. The maximum Gasteiger partial charge on any atom is 0.323 e. The van der Waals surface area contributed by atoms with Crippen molar-refractivity contribution in [3.63, 3.8) is 0 Å². The first-order valence-corrected chi connectivity index (χ1v) is 6.16. The minimum atomic E-state index is -0.245. The van der Waals surface area contributed by atoms with Gasteiger partial charge in [-0.05, 0) is 31.0 Å². The molecular formula is C14H20ClNO3. The summed E-state index contributed by atoms with van der Waals surface area (Å²) in [6, 6.07) is 5.77. The molecule has 1 saturated heterocycles. The minimum Gasteiger partial charge on any atom is -0.489 e. The van der Waals surface area contributed by atoms with Crippen molar-refractivity contribution < 1.29 is 14.3 Å². The molecular weight excluding hydrogens is 266 g/mol. The first kappa shape index (κ1) is 15.8. The van der Waals surface area contributed by atoms with E-state index in [9.17, 15) is 4.79 Å². The molecule has 1 aromatic rings. The molecule has 0 unspecified atom stereocenters. The number of hydrogen-bond donors (Lipinski definition) is 1. The van der Waals surface area contributed by atoms with Crippen LogP contribution in [0.25, 0.3) is 0 Å². The molecule has 0 spiro atoms. The summed E-state index contributed by atoms with van der Waals surface area (Å²) in [5.74, 6) is 0.675. The standard InChI is InChI=1S/C14H19NO3.ClH/c1-9-5-4-6-13(10(9)2)18-11-7-12(15-8-11)14(16)17-3;/h4-6,11-12,15H,7-8H2,1-3H3;1H/t11-,12+;/m1./s1. The topological polar surface area (TPSA) is 47.6 Å². The highest BCUT2D eigenvalue weighted by Crippen LogP contribution is 2.24. The molecule has 2 atom stereocenters. The highest BCUT2D eigenvalue weighted by atomic mass is 35.5. The molecule has 1 aromatic carbocycles. The Morgan fingerprint density at radius 3 is 2.79 bits per heavy atom. The van der Waals surface area contributed by atoms with Crippen LogP contribution in [0.2, 0.25) is 0 Å². The van der Waals surface area contributed by atoms with Crippen LogP contribution in [-0.2, 0) is 9.53 Å². The summed E-state index contributed by atoms with van der Waals surface area (Å²) in [6.45, 7) is 4.78. The maximum atomic E-state index is 11.4. The van der Waals surface area contributed by atoms with Crippen molar-refractivity contribution in [3.8, 4) is 5.75 Å². The zero-order valence-electron chi connectivity index (χ0n) is 11.4. The van der Waals surface area contributed by atoms with Gasteiger partial charge in [0.2, 0.25) is 0 Å². The third kappa shape index (κ3) is 3.61. The van der Waals surface area contributed by atoms with Crippen LogP contribution in [0.3, 0.4) is 0 Å². The zero-order valence-corrected chi connectivity index (χ0v) is 12.3. The predicted octanol–water partition coefficient (Wildman–Crippen LogP) is 2.01. The molecule has 0 amide bonds. The Bertz CT molecular complexity index is 450. The Morgan fingerprint density at radius 2 is 2.11 bits per heavy atom. The van der Waals surface area contributed by atoms with Crippen molar-refractivity contribution in [1.29, 1.82) is 0 Å². The van der Waals surface area contributed by atoms with E-state index in [0.717, 1.165) is 11.3 Å². The molecule has 4 nitrogen and oxygen atoms in total. The van der Waals surface area contributed by atoms with Gasteiger partial charge in [-0.1, -0.05) is 12.1 Å². The van der Waals surface area contributed by atoms with Crippen LogP contribution in [0.1, 0.15) is 17.5 Å². The number of hydrogen-bond acceptors (Lipinski definition) is 4. The van der Waals surface area contributed by atoms with Crippen molar-refractivity contribution in [3.05, 3.63) is 29.3 Å². The van der Waals surface area contributed by atoms with Gasteiger partial charge in [0.25, 0.3) is 0 Å². The fourth-order valence-corrected chi connectivity index (χ4v) is 2.15. The summed E-state index contributed by atoms with van der Waals surface area (Å²) >= 11 is 0. The lowest BCUT2D eigenvalue weighted by atomic mass is 10.1. The second-order valence-corrected chi connectivity index (χ2v) is 4.66. The number of ether oxygens (including phenoxy) is 2. The van der Waals surface area contributed by atoms with Gasteiger partial charge in [-0.2, -0.15) is 0 Å². The lowest BCUT2D eigenvalue weighted by molar-refractivity contribution is -0.142. The monoisotopic (exact) mass is 285 g/mol. The number of methoxy groups -OCH3 is 1. The zero-order chi connectivity index (χ0) is 13.1. The summed E-state index contributed by atoms with van der Waals surface area (Å²) in [7, 11) is 1.41. The van der Waals surface area contributed by atoms with Crippen molar-refractivity contribution >= 4 is 18.4 Å². The number of halogens is 1. The molecule has 0 radical (unpaired) electrons. The number of carbonyl (C=O) groups is 1. The summed E-state index contributed by atoms with van der Waals surface area (Å²) < 4.78 is 10.7. The first-order valence-electron chi connectivity index (χ1n) is 6.16. The van der Waals surface area contributed by atoms with Crippen molar-refractivity contribution in [2.24, 2.45) is 0 Å². The van der Waals surface area contributed by atoms with Crippen LogP contribution in [-0.4, -0.2) is 31.8 Å². The second kappa shape index (κ2) is 6.78. The lowest BCUT2D eigenvalue weighted by Gasteiger charge is -2.15. The first-order chi connectivity index (χ1) is 8.61. The molecule has 1 N–H and O–H groups in total. The van der Waals surface area contributed by atoms with Gasteiger partial charge in [0, 0.05) is 13.0 Å². The Kier molecular flexibility index (Phi) is 5.63. The van der Waals surface area contributed by atoms with Crippen LogP contribution in [0.4, 0.5) is 0 Å². The van der Waals surface area contributed by atoms with E-state index in [2.05, 4.69) is 18.3 Å². The van der Waals surface area contributed by atoms with Gasteiger partial charge in [0.05, 0.1) is 7.11 Å². The Balaban J connectivity index is 0.00000180. The molecule has 0 aromatic heterocycles. The highest BCUT2D eigenvalue weighted by molar-refractivity contribution is 5.85. The molecule has 19 heavy (non-hydrogen) atoms. The van der Waals surface area contributed by atoms with E-state index in [1.807, 2.05) is 19.1 Å². The van der Waals surface area contributed by atoms with E-state index in [0.29, 0.717) is 13.0 Å². The van der Waals surface area contributed by atoms with Gasteiger partial charge in [0.1, 0.15) is 17.9 Å². The van der Waals surface area contributed by atoms with Gasteiger partial charge in [-0.15, -0.1) is 12.4 Å². The molecule has 2 rings (SSSR count). The summed E-state index contributed by atoms with van der Waals surface area (Å²) in [4.78, 5) is 11.4. The Hall–Kier alpha value is -1.26. The minimum absolute atomic E-state index is 0. The van der Waals surface area contributed by atoms with Crippen LogP contribution >= 0.6 is 12.4 Å². The van der Waals surface area contributed by atoms with E-state index in [1.165, 1.54) is 12.7 Å². The average Bonchev–Trinajstić information content (AvgIpc) is 2.82. The molecule has 0 aliphatic carbocycles. The molecule has 1 aliphatic heterocycles. The van der Waals surface area contributed by atoms with E-state index in [1.54, 1.807) is 0 Å². The number of rotatable bonds is 3. The smallest absolute Gasteiger partial charge is 0.323 e.